The first-order chi connectivity index (χ1) is 8.28. The summed E-state index contributed by atoms with van der Waals surface area (Å²) in [5.74, 6) is 0. The molecule has 1 aromatic rings. The molecule has 0 fully saturated rings. The second kappa shape index (κ2) is 6.02. The number of aromatic nitrogens is 1. The van der Waals surface area contributed by atoms with E-state index in [4.69, 9.17) is 5.73 Å². The molecule has 0 aliphatic rings. The number of anilines is 1. The van der Waals surface area contributed by atoms with Gasteiger partial charge in [-0.2, -0.15) is 0 Å². The van der Waals surface area contributed by atoms with Crippen LogP contribution in [0.4, 0.5) is 5.69 Å². The smallest absolute Gasteiger partial charge is 0.250 e. The summed E-state index contributed by atoms with van der Waals surface area (Å²) in [5.41, 5.74) is 5.51. The van der Waals surface area contributed by atoms with Crippen molar-refractivity contribution in [1.82, 2.24) is 9.47 Å². The average molecular weight is 253 g/mol. The van der Waals surface area contributed by atoms with E-state index in [1.54, 1.807) is 30.7 Å². The second-order valence-corrected chi connectivity index (χ2v) is 5.40. The fourth-order valence-corrected chi connectivity index (χ4v) is 1.98. The first-order valence-electron chi connectivity index (χ1n) is 6.15. The van der Waals surface area contributed by atoms with Gasteiger partial charge in [0.1, 0.15) is 0 Å². The molecule has 1 rings (SSSR count). The van der Waals surface area contributed by atoms with Gasteiger partial charge in [0, 0.05) is 31.0 Å². The van der Waals surface area contributed by atoms with E-state index in [0.717, 1.165) is 13.0 Å². The summed E-state index contributed by atoms with van der Waals surface area (Å²) in [6.07, 6.45) is 2.51. The first-order valence-corrected chi connectivity index (χ1v) is 6.15. The molecule has 0 saturated heterocycles. The van der Waals surface area contributed by atoms with Crippen molar-refractivity contribution in [3.63, 3.8) is 0 Å². The lowest BCUT2D eigenvalue weighted by atomic mass is 10.1. The molecule has 0 spiro atoms. The summed E-state index contributed by atoms with van der Waals surface area (Å²) in [5, 5.41) is 9.67. The minimum atomic E-state index is -0.692. The van der Waals surface area contributed by atoms with E-state index in [0.29, 0.717) is 18.8 Å². The number of hydrogen-bond donors (Lipinski definition) is 2. The number of likely N-dealkylation sites (N-methyl/N-ethyl adjacent to an activating group) is 1. The number of pyridine rings is 1. The highest BCUT2D eigenvalue weighted by molar-refractivity contribution is 5.33. The van der Waals surface area contributed by atoms with Gasteiger partial charge in [0.25, 0.3) is 5.56 Å². The Morgan fingerprint density at radius 1 is 1.44 bits per heavy atom. The van der Waals surface area contributed by atoms with E-state index >= 15 is 0 Å². The van der Waals surface area contributed by atoms with Gasteiger partial charge < -0.3 is 20.3 Å². The van der Waals surface area contributed by atoms with Crippen LogP contribution in [0.2, 0.25) is 0 Å². The average Bonchev–Trinajstić information content (AvgIpc) is 2.20. The number of nitrogens with two attached hydrogens (primary N) is 1. The molecule has 5 nitrogen and oxygen atoms in total. The molecule has 0 amide bonds. The van der Waals surface area contributed by atoms with E-state index in [1.807, 2.05) is 7.05 Å². The van der Waals surface area contributed by atoms with E-state index in [2.05, 4.69) is 4.90 Å². The summed E-state index contributed by atoms with van der Waals surface area (Å²) in [6.45, 7) is 5.64. The van der Waals surface area contributed by atoms with E-state index in [-0.39, 0.29) is 5.56 Å². The summed E-state index contributed by atoms with van der Waals surface area (Å²) in [6, 6.07) is 3.09. The third kappa shape index (κ3) is 5.33. The van der Waals surface area contributed by atoms with E-state index < -0.39 is 5.60 Å². The molecule has 0 saturated carbocycles. The minimum absolute atomic E-state index is 0.0330. The molecule has 5 heteroatoms. The highest BCUT2D eigenvalue weighted by Gasteiger charge is 2.14. The largest absolute Gasteiger partial charge is 0.398 e. The maximum absolute atomic E-state index is 11.5. The van der Waals surface area contributed by atoms with Crippen LogP contribution in [0.3, 0.4) is 0 Å². The lowest BCUT2D eigenvalue weighted by Crippen LogP contribution is -2.37. The van der Waals surface area contributed by atoms with Gasteiger partial charge in [-0.3, -0.25) is 4.79 Å². The predicted molar refractivity (Wildman–Crippen MR) is 73.5 cm³/mol. The molecule has 0 aliphatic carbocycles. The lowest BCUT2D eigenvalue weighted by molar-refractivity contribution is 0.0440. The van der Waals surface area contributed by atoms with Crippen LogP contribution in [0.1, 0.15) is 20.3 Å². The zero-order valence-corrected chi connectivity index (χ0v) is 11.4. The van der Waals surface area contributed by atoms with E-state index in [9.17, 15) is 9.90 Å². The van der Waals surface area contributed by atoms with Gasteiger partial charge in [0.2, 0.25) is 0 Å². The maximum Gasteiger partial charge on any atom is 0.250 e. The van der Waals surface area contributed by atoms with Crippen molar-refractivity contribution < 1.29 is 5.11 Å². The molecular weight excluding hydrogens is 230 g/mol. The number of aliphatic hydroxyl groups is 1. The Hall–Kier alpha value is -1.33. The van der Waals surface area contributed by atoms with Crippen LogP contribution in [0.15, 0.2) is 23.1 Å². The Morgan fingerprint density at radius 3 is 2.72 bits per heavy atom. The fourth-order valence-electron chi connectivity index (χ4n) is 1.98. The van der Waals surface area contributed by atoms with Crippen LogP contribution in [0.25, 0.3) is 0 Å². The summed E-state index contributed by atoms with van der Waals surface area (Å²) in [7, 11) is 1.96. The van der Waals surface area contributed by atoms with Crippen LogP contribution < -0.4 is 11.3 Å². The minimum Gasteiger partial charge on any atom is -0.398 e. The number of aryl methyl sites for hydroxylation is 1. The predicted octanol–water partition coefficient (Wildman–Crippen LogP) is 0.523. The van der Waals surface area contributed by atoms with Crippen molar-refractivity contribution in [1.29, 1.82) is 0 Å². The van der Waals surface area contributed by atoms with Crippen molar-refractivity contribution in [2.24, 2.45) is 0 Å². The summed E-state index contributed by atoms with van der Waals surface area (Å²) < 4.78 is 1.62. The van der Waals surface area contributed by atoms with Crippen molar-refractivity contribution >= 4 is 5.69 Å². The van der Waals surface area contributed by atoms with Crippen LogP contribution in [-0.2, 0) is 6.54 Å². The van der Waals surface area contributed by atoms with Crippen molar-refractivity contribution in [3.05, 3.63) is 28.7 Å². The molecule has 102 valence electrons. The van der Waals surface area contributed by atoms with Gasteiger partial charge >= 0.3 is 0 Å². The fraction of sp³-hybridized carbons (Fsp3) is 0.615. The van der Waals surface area contributed by atoms with Crippen LogP contribution in [0, 0.1) is 0 Å². The molecule has 1 heterocycles. The molecule has 0 radical (unpaired) electrons. The summed E-state index contributed by atoms with van der Waals surface area (Å²) in [4.78, 5) is 13.6. The number of nitrogens with zero attached hydrogens (tertiary/aromatic N) is 2. The topological polar surface area (TPSA) is 71.5 Å². The second-order valence-electron chi connectivity index (χ2n) is 5.40. The normalized spacial score (nSPS) is 12.1. The highest BCUT2D eigenvalue weighted by atomic mass is 16.3. The lowest BCUT2D eigenvalue weighted by Gasteiger charge is -2.25. The molecule has 0 aliphatic heterocycles. The Labute approximate surface area is 108 Å². The van der Waals surface area contributed by atoms with E-state index in [1.165, 1.54) is 6.07 Å². The van der Waals surface area contributed by atoms with Crippen molar-refractivity contribution in [3.8, 4) is 0 Å². The molecule has 1 aromatic heterocycles. The Balaban J connectivity index is 2.42. The van der Waals surface area contributed by atoms with Gasteiger partial charge in [0.05, 0.1) is 5.60 Å². The molecule has 0 atom stereocenters. The third-order valence-electron chi connectivity index (χ3n) is 2.60. The van der Waals surface area contributed by atoms with Crippen LogP contribution in [-0.4, -0.2) is 40.3 Å². The van der Waals surface area contributed by atoms with Crippen molar-refractivity contribution in [2.45, 2.75) is 32.4 Å². The molecule has 18 heavy (non-hydrogen) atoms. The summed E-state index contributed by atoms with van der Waals surface area (Å²) >= 11 is 0. The van der Waals surface area contributed by atoms with Gasteiger partial charge in [0.15, 0.2) is 0 Å². The maximum atomic E-state index is 11.5. The Morgan fingerprint density at radius 2 is 2.11 bits per heavy atom. The van der Waals surface area contributed by atoms with Gasteiger partial charge in [-0.25, -0.2) is 0 Å². The SMILES string of the molecule is CN(CCCn1cc(N)ccc1=O)CC(C)(C)O. The third-order valence-corrected chi connectivity index (χ3v) is 2.60. The molecule has 0 unspecified atom stereocenters. The zero-order chi connectivity index (χ0) is 13.8. The quantitative estimate of drug-likeness (QED) is 0.775. The molecule has 0 aromatic carbocycles. The van der Waals surface area contributed by atoms with Crippen LogP contribution >= 0.6 is 0 Å². The number of rotatable bonds is 6. The van der Waals surface area contributed by atoms with Crippen LogP contribution in [0.5, 0.6) is 0 Å². The Bertz CT molecular complexity index is 435. The highest BCUT2D eigenvalue weighted by Crippen LogP contribution is 2.04. The number of nitrogen functional groups attached to an aromatic ring is 1. The van der Waals surface area contributed by atoms with Gasteiger partial charge in [-0.1, -0.05) is 0 Å². The Kier molecular flexibility index (Phi) is 4.93. The molecule has 0 bridgehead atoms. The monoisotopic (exact) mass is 253 g/mol. The standard InChI is InChI=1S/C13H23N3O2/c1-13(2,18)10-15(3)7-4-8-16-9-11(14)5-6-12(16)17/h5-6,9,18H,4,7-8,10,14H2,1-3H3. The number of hydrogen-bond acceptors (Lipinski definition) is 4. The molecule has 3 N–H and O–H groups in total. The van der Waals surface area contributed by atoms with Gasteiger partial charge in [-0.05, 0) is 39.9 Å². The van der Waals surface area contributed by atoms with Gasteiger partial charge in [-0.15, -0.1) is 0 Å². The molecular formula is C13H23N3O2. The van der Waals surface area contributed by atoms with Crippen molar-refractivity contribution in [2.75, 3.05) is 25.9 Å². The zero-order valence-electron chi connectivity index (χ0n) is 11.4. The first kappa shape index (κ1) is 14.7.